The van der Waals surface area contributed by atoms with Crippen molar-refractivity contribution in [2.75, 3.05) is 0 Å². The van der Waals surface area contributed by atoms with Crippen LogP contribution in [0.3, 0.4) is 0 Å². The van der Waals surface area contributed by atoms with Crippen molar-refractivity contribution >= 4 is 5.78 Å². The largest absolute Gasteiger partial charge is 0.390 e. The summed E-state index contributed by atoms with van der Waals surface area (Å²) in [7, 11) is 0. The second kappa shape index (κ2) is 5.58. The molecule has 4 bridgehead atoms. The molecule has 0 aromatic heterocycles. The molecule has 0 aliphatic heterocycles. The Morgan fingerprint density at radius 1 is 0.957 bits per heavy atom. The van der Waals surface area contributed by atoms with Crippen LogP contribution >= 0.6 is 0 Å². The first kappa shape index (κ1) is 19.0. The highest BCUT2D eigenvalue weighted by molar-refractivity contribution is 5.84. The van der Waals surface area contributed by atoms with Gasteiger partial charge in [-0.2, -0.15) is 0 Å². The molecule has 2 unspecified atom stereocenters. The number of rotatable bonds is 4. The molecule has 0 spiro atoms. The first-order valence-electron chi connectivity index (χ1n) is 9.69. The second-order valence-electron chi connectivity index (χ2n) is 10.2. The van der Waals surface area contributed by atoms with E-state index in [0.717, 1.165) is 38.5 Å². The average molecular weight is 323 g/mol. The summed E-state index contributed by atoms with van der Waals surface area (Å²) in [6, 6.07) is 0. The minimum Gasteiger partial charge on any atom is -0.390 e. The van der Waals surface area contributed by atoms with Gasteiger partial charge in [-0.3, -0.25) is 4.79 Å². The van der Waals surface area contributed by atoms with Crippen LogP contribution in [0.4, 0.5) is 0 Å². The molecule has 23 heavy (non-hydrogen) atoms. The van der Waals surface area contributed by atoms with Crippen LogP contribution in [0, 0.1) is 21.7 Å². The van der Waals surface area contributed by atoms with E-state index < -0.39 is 5.60 Å². The van der Waals surface area contributed by atoms with E-state index in [1.165, 1.54) is 6.42 Å². The van der Waals surface area contributed by atoms with Crippen LogP contribution in [-0.2, 0) is 4.79 Å². The number of carbonyl (C=O) groups is 1. The smallest absolute Gasteiger partial charge is 0.139 e. The lowest BCUT2D eigenvalue weighted by molar-refractivity contribution is -0.226. The molecule has 4 aliphatic rings. The van der Waals surface area contributed by atoms with Gasteiger partial charge in [0.25, 0.3) is 0 Å². The molecule has 0 radical (unpaired) electrons. The van der Waals surface area contributed by atoms with Crippen molar-refractivity contribution in [2.45, 2.75) is 105 Å². The molecule has 134 valence electrons. The van der Waals surface area contributed by atoms with Gasteiger partial charge in [0.15, 0.2) is 0 Å². The van der Waals surface area contributed by atoms with E-state index in [9.17, 15) is 9.90 Å². The first-order valence-corrected chi connectivity index (χ1v) is 9.69. The van der Waals surface area contributed by atoms with Gasteiger partial charge >= 0.3 is 0 Å². The molecule has 4 saturated carbocycles. The summed E-state index contributed by atoms with van der Waals surface area (Å²) in [5.41, 5.74) is -0.164. The molecule has 2 atom stereocenters. The van der Waals surface area contributed by atoms with E-state index in [-0.39, 0.29) is 21.7 Å². The Kier molecular flexibility index (Phi) is 4.60. The zero-order valence-corrected chi connectivity index (χ0v) is 16.5. The molecule has 0 amide bonds. The fourth-order valence-electron chi connectivity index (χ4n) is 6.84. The third-order valence-corrected chi connectivity index (χ3v) is 6.85. The number of ketones is 1. The Hall–Kier alpha value is -0.370. The molecule has 4 aliphatic carbocycles. The van der Waals surface area contributed by atoms with Crippen LogP contribution in [0.15, 0.2) is 0 Å². The average Bonchev–Trinajstić information content (AvgIpc) is 2.34. The molecule has 2 nitrogen and oxygen atoms in total. The zero-order valence-electron chi connectivity index (χ0n) is 16.5. The first-order chi connectivity index (χ1) is 10.4. The van der Waals surface area contributed by atoms with Crippen LogP contribution in [0.5, 0.6) is 0 Å². The third-order valence-electron chi connectivity index (χ3n) is 6.85. The predicted octanol–water partition coefficient (Wildman–Crippen LogP) is 5.52. The molecular weight excluding hydrogens is 284 g/mol. The molecule has 4 rings (SSSR count). The standard InChI is InChI=1S/C19H32O2.C2H6/c1-6-15(2,3)14(20)7-18-9-16(4)8-17(5,10-18)12-19(21,11-16)13-18;1-2/h21H,6-13H2,1-5H3;1-2H3. The summed E-state index contributed by atoms with van der Waals surface area (Å²) < 4.78 is 0. The van der Waals surface area contributed by atoms with Gasteiger partial charge in [0.05, 0.1) is 5.60 Å². The lowest BCUT2D eigenvalue weighted by Crippen LogP contribution is -2.63. The number of Topliss-reactive ketones (excluding diaryl/α,β-unsaturated/α-hetero) is 1. The highest BCUT2D eigenvalue weighted by Crippen LogP contribution is 2.71. The number of hydrogen-bond acceptors (Lipinski definition) is 2. The van der Waals surface area contributed by atoms with Crippen LogP contribution < -0.4 is 0 Å². The molecule has 1 N–H and O–H groups in total. The van der Waals surface area contributed by atoms with Crippen LogP contribution in [0.1, 0.15) is 99.8 Å². The van der Waals surface area contributed by atoms with Crippen molar-refractivity contribution in [2.24, 2.45) is 21.7 Å². The number of aliphatic hydroxyl groups is 1. The SMILES string of the molecule is CC.CCC(C)(C)C(=O)CC12CC3(C)CC(C)(CC(O)(C3)C1)C2. The summed E-state index contributed by atoms with van der Waals surface area (Å²) in [5, 5.41) is 11.1. The van der Waals surface area contributed by atoms with Crippen molar-refractivity contribution in [1.82, 2.24) is 0 Å². The molecule has 0 heterocycles. The summed E-state index contributed by atoms with van der Waals surface area (Å²) in [5.74, 6) is 0.405. The summed E-state index contributed by atoms with van der Waals surface area (Å²) in [6.07, 6.45) is 7.85. The normalized spacial score (nSPS) is 44.7. The second-order valence-corrected chi connectivity index (χ2v) is 10.2. The van der Waals surface area contributed by atoms with Gasteiger partial charge in [-0.15, -0.1) is 0 Å². The van der Waals surface area contributed by atoms with E-state index in [4.69, 9.17) is 0 Å². The minimum absolute atomic E-state index is 0.0660. The number of carbonyl (C=O) groups excluding carboxylic acids is 1. The number of hydrogen-bond donors (Lipinski definition) is 1. The van der Waals surface area contributed by atoms with Crippen molar-refractivity contribution in [1.29, 1.82) is 0 Å². The molecule has 0 aromatic carbocycles. The van der Waals surface area contributed by atoms with Gasteiger partial charge in [0, 0.05) is 11.8 Å². The van der Waals surface area contributed by atoms with Gasteiger partial charge in [-0.1, -0.05) is 48.5 Å². The predicted molar refractivity (Wildman–Crippen MR) is 96.3 cm³/mol. The zero-order chi connectivity index (χ0) is 17.7. The molecule has 0 saturated heterocycles. The van der Waals surface area contributed by atoms with Crippen molar-refractivity contribution in [3.63, 3.8) is 0 Å². The molecule has 4 fully saturated rings. The van der Waals surface area contributed by atoms with Crippen LogP contribution in [-0.4, -0.2) is 16.5 Å². The Bertz CT molecular complexity index is 423. The van der Waals surface area contributed by atoms with Gasteiger partial charge in [-0.25, -0.2) is 0 Å². The van der Waals surface area contributed by atoms with E-state index in [2.05, 4.69) is 34.6 Å². The maximum Gasteiger partial charge on any atom is 0.139 e. The van der Waals surface area contributed by atoms with E-state index in [1.54, 1.807) is 0 Å². The highest BCUT2D eigenvalue weighted by Gasteiger charge is 2.65. The maximum atomic E-state index is 12.8. The van der Waals surface area contributed by atoms with E-state index in [1.807, 2.05) is 13.8 Å². The van der Waals surface area contributed by atoms with Crippen LogP contribution in [0.25, 0.3) is 0 Å². The Morgan fingerprint density at radius 2 is 1.43 bits per heavy atom. The Balaban J connectivity index is 0.000000924. The fraction of sp³-hybridized carbons (Fsp3) is 0.952. The lowest BCUT2D eigenvalue weighted by Gasteiger charge is -2.68. The minimum atomic E-state index is -0.505. The van der Waals surface area contributed by atoms with E-state index in [0.29, 0.717) is 12.2 Å². The quantitative estimate of drug-likeness (QED) is 0.740. The lowest BCUT2D eigenvalue weighted by atomic mass is 9.38. The summed E-state index contributed by atoms with van der Waals surface area (Å²) >= 11 is 0. The monoisotopic (exact) mass is 322 g/mol. The van der Waals surface area contributed by atoms with Crippen molar-refractivity contribution in [3.8, 4) is 0 Å². The summed E-state index contributed by atoms with van der Waals surface area (Å²) in [4.78, 5) is 12.8. The van der Waals surface area contributed by atoms with Gasteiger partial charge in [0.1, 0.15) is 5.78 Å². The van der Waals surface area contributed by atoms with E-state index >= 15 is 0 Å². The maximum absolute atomic E-state index is 12.8. The Morgan fingerprint density at radius 3 is 1.83 bits per heavy atom. The molecule has 0 aromatic rings. The molecular formula is C21H38O2. The highest BCUT2D eigenvalue weighted by atomic mass is 16.3. The van der Waals surface area contributed by atoms with Gasteiger partial charge < -0.3 is 5.11 Å². The topological polar surface area (TPSA) is 37.3 Å². The van der Waals surface area contributed by atoms with Crippen LogP contribution in [0.2, 0.25) is 0 Å². The summed E-state index contributed by atoms with van der Waals surface area (Å²) in [6.45, 7) is 14.9. The van der Waals surface area contributed by atoms with Gasteiger partial charge in [-0.05, 0) is 61.2 Å². The van der Waals surface area contributed by atoms with Crippen molar-refractivity contribution < 1.29 is 9.90 Å². The van der Waals surface area contributed by atoms with Gasteiger partial charge in [0.2, 0.25) is 0 Å². The third kappa shape index (κ3) is 3.38. The fourth-order valence-corrected chi connectivity index (χ4v) is 6.84. The molecule has 2 heteroatoms. The Labute approximate surface area is 143 Å². The van der Waals surface area contributed by atoms with Crippen molar-refractivity contribution in [3.05, 3.63) is 0 Å².